The zero-order chi connectivity index (χ0) is 20.9. The molecular formula is C22H25N7O. The number of aromatic nitrogens is 5. The van der Waals surface area contributed by atoms with E-state index in [2.05, 4.69) is 19.9 Å². The quantitative estimate of drug-likeness (QED) is 0.646. The summed E-state index contributed by atoms with van der Waals surface area (Å²) in [6, 6.07) is 5.84. The molecule has 0 spiro atoms. The maximum atomic E-state index is 12.6. The summed E-state index contributed by atoms with van der Waals surface area (Å²) in [5, 5.41) is 0. The molecule has 0 saturated carbocycles. The van der Waals surface area contributed by atoms with Gasteiger partial charge in [0.05, 0.1) is 12.6 Å². The minimum absolute atomic E-state index is 0.151. The number of nitrogens with zero attached hydrogens (tertiary/aromatic N) is 7. The Hall–Kier alpha value is -3.42. The predicted molar refractivity (Wildman–Crippen MR) is 114 cm³/mol. The lowest BCUT2D eigenvalue weighted by Gasteiger charge is -2.32. The van der Waals surface area contributed by atoms with E-state index in [-0.39, 0.29) is 11.8 Å². The molecule has 8 heteroatoms. The van der Waals surface area contributed by atoms with Crippen LogP contribution in [0, 0.1) is 0 Å². The fourth-order valence-electron chi connectivity index (χ4n) is 3.63. The van der Waals surface area contributed by atoms with Crippen LogP contribution in [0.5, 0.6) is 0 Å². The first-order valence-electron chi connectivity index (χ1n) is 10.1. The molecule has 4 heterocycles. The number of hydrogen-bond acceptors (Lipinski definition) is 7. The van der Waals surface area contributed by atoms with E-state index < -0.39 is 0 Å². The Balaban J connectivity index is 1.47. The van der Waals surface area contributed by atoms with Crippen LogP contribution >= 0.6 is 0 Å². The highest BCUT2D eigenvalue weighted by atomic mass is 16.2. The van der Waals surface area contributed by atoms with Crippen molar-refractivity contribution >= 4 is 11.7 Å². The van der Waals surface area contributed by atoms with Gasteiger partial charge in [-0.1, -0.05) is 6.07 Å². The maximum absolute atomic E-state index is 12.6. The van der Waals surface area contributed by atoms with Gasteiger partial charge in [0, 0.05) is 69.7 Å². The highest BCUT2D eigenvalue weighted by Crippen LogP contribution is 2.30. The van der Waals surface area contributed by atoms with Crippen LogP contribution in [0.15, 0.2) is 49.2 Å². The van der Waals surface area contributed by atoms with Crippen LogP contribution in [0.25, 0.3) is 11.5 Å². The van der Waals surface area contributed by atoms with Crippen molar-refractivity contribution < 1.29 is 4.79 Å². The SMILES string of the molecule is CN(C)c1cc(C2CCN(C(=O)Cc3cccnc3)CC2)nc(-c2cnccn2)n1. The summed E-state index contributed by atoms with van der Waals surface area (Å²) in [5.74, 6) is 1.86. The van der Waals surface area contributed by atoms with Crippen LogP contribution in [0.1, 0.15) is 30.0 Å². The standard InChI is InChI=1S/C22H25N7O/c1-28(2)20-13-18(26-22(27-20)19-15-24-8-9-25-19)17-5-10-29(11-6-17)21(30)12-16-4-3-7-23-14-16/h3-4,7-9,13-15,17H,5-6,10-12H2,1-2H3. The van der Waals surface area contributed by atoms with E-state index in [1.54, 1.807) is 31.0 Å². The molecule has 0 radical (unpaired) electrons. The molecule has 30 heavy (non-hydrogen) atoms. The minimum Gasteiger partial charge on any atom is -0.363 e. The number of pyridine rings is 1. The molecule has 1 saturated heterocycles. The molecule has 1 aliphatic heterocycles. The van der Waals surface area contributed by atoms with Gasteiger partial charge in [-0.15, -0.1) is 0 Å². The fraction of sp³-hybridized carbons (Fsp3) is 0.364. The van der Waals surface area contributed by atoms with Gasteiger partial charge in [0.1, 0.15) is 11.5 Å². The monoisotopic (exact) mass is 403 g/mol. The number of likely N-dealkylation sites (tertiary alicyclic amines) is 1. The molecule has 4 rings (SSSR count). The van der Waals surface area contributed by atoms with Gasteiger partial charge in [-0.2, -0.15) is 0 Å². The van der Waals surface area contributed by atoms with Gasteiger partial charge < -0.3 is 9.80 Å². The molecule has 1 aliphatic rings. The summed E-state index contributed by atoms with van der Waals surface area (Å²) >= 11 is 0. The van der Waals surface area contributed by atoms with Gasteiger partial charge in [-0.25, -0.2) is 15.0 Å². The van der Waals surface area contributed by atoms with E-state index in [4.69, 9.17) is 4.98 Å². The number of anilines is 1. The molecule has 3 aromatic heterocycles. The molecule has 0 bridgehead atoms. The van der Waals surface area contributed by atoms with E-state index >= 15 is 0 Å². The van der Waals surface area contributed by atoms with Crippen LogP contribution in [-0.4, -0.2) is 62.9 Å². The summed E-state index contributed by atoms with van der Waals surface area (Å²) in [5.41, 5.74) is 2.60. The second-order valence-electron chi connectivity index (χ2n) is 7.65. The number of amides is 1. The molecule has 0 aliphatic carbocycles. The summed E-state index contributed by atoms with van der Waals surface area (Å²) in [4.78, 5) is 38.6. The van der Waals surface area contributed by atoms with Crippen molar-refractivity contribution in [3.63, 3.8) is 0 Å². The van der Waals surface area contributed by atoms with Crippen molar-refractivity contribution in [1.82, 2.24) is 29.8 Å². The van der Waals surface area contributed by atoms with Crippen molar-refractivity contribution in [2.24, 2.45) is 0 Å². The molecule has 154 valence electrons. The average Bonchev–Trinajstić information content (AvgIpc) is 2.80. The third-order valence-corrected chi connectivity index (χ3v) is 5.33. The van der Waals surface area contributed by atoms with Crippen molar-refractivity contribution in [3.8, 4) is 11.5 Å². The predicted octanol–water partition coefficient (Wildman–Crippen LogP) is 2.34. The molecule has 3 aromatic rings. The second kappa shape index (κ2) is 8.94. The fourth-order valence-corrected chi connectivity index (χ4v) is 3.63. The van der Waals surface area contributed by atoms with Crippen LogP contribution in [0.4, 0.5) is 5.82 Å². The molecular weight excluding hydrogens is 378 g/mol. The van der Waals surface area contributed by atoms with Crippen LogP contribution in [0.2, 0.25) is 0 Å². The molecule has 0 unspecified atom stereocenters. The molecule has 1 fully saturated rings. The minimum atomic E-state index is 0.151. The van der Waals surface area contributed by atoms with Gasteiger partial charge in [0.2, 0.25) is 5.91 Å². The Morgan fingerprint density at radius 1 is 1.10 bits per heavy atom. The maximum Gasteiger partial charge on any atom is 0.227 e. The lowest BCUT2D eigenvalue weighted by Crippen LogP contribution is -2.39. The van der Waals surface area contributed by atoms with Crippen molar-refractivity contribution in [1.29, 1.82) is 0 Å². The first-order valence-corrected chi connectivity index (χ1v) is 10.1. The van der Waals surface area contributed by atoms with E-state index in [0.717, 1.165) is 43.0 Å². The van der Waals surface area contributed by atoms with Gasteiger partial charge in [0.15, 0.2) is 5.82 Å². The van der Waals surface area contributed by atoms with E-state index in [9.17, 15) is 4.79 Å². The van der Waals surface area contributed by atoms with Gasteiger partial charge >= 0.3 is 0 Å². The smallest absolute Gasteiger partial charge is 0.227 e. The zero-order valence-corrected chi connectivity index (χ0v) is 17.3. The third kappa shape index (κ3) is 4.59. The Morgan fingerprint density at radius 3 is 2.57 bits per heavy atom. The molecule has 0 atom stereocenters. The van der Waals surface area contributed by atoms with Gasteiger partial charge in [0.25, 0.3) is 0 Å². The molecule has 1 amide bonds. The number of carbonyl (C=O) groups is 1. The first kappa shape index (κ1) is 19.9. The lowest BCUT2D eigenvalue weighted by atomic mass is 9.92. The summed E-state index contributed by atoms with van der Waals surface area (Å²) in [6.45, 7) is 1.46. The number of rotatable bonds is 5. The Kier molecular flexibility index (Phi) is 5.92. The third-order valence-electron chi connectivity index (χ3n) is 5.33. The van der Waals surface area contributed by atoms with Crippen molar-refractivity contribution in [2.45, 2.75) is 25.2 Å². The molecule has 0 N–H and O–H groups in total. The number of piperidine rings is 1. The molecule has 8 nitrogen and oxygen atoms in total. The molecule has 0 aromatic carbocycles. The topological polar surface area (TPSA) is 88.0 Å². The normalized spacial score (nSPS) is 14.5. The number of hydrogen-bond donors (Lipinski definition) is 0. The average molecular weight is 403 g/mol. The van der Waals surface area contributed by atoms with E-state index in [1.165, 1.54) is 0 Å². The van der Waals surface area contributed by atoms with E-state index in [1.807, 2.05) is 42.1 Å². The second-order valence-corrected chi connectivity index (χ2v) is 7.65. The highest BCUT2D eigenvalue weighted by Gasteiger charge is 2.26. The van der Waals surface area contributed by atoms with Crippen molar-refractivity contribution in [3.05, 3.63) is 60.4 Å². The summed E-state index contributed by atoms with van der Waals surface area (Å²) in [6.07, 6.45) is 10.6. The van der Waals surface area contributed by atoms with Crippen LogP contribution in [0.3, 0.4) is 0 Å². The van der Waals surface area contributed by atoms with Gasteiger partial charge in [-0.3, -0.25) is 14.8 Å². The lowest BCUT2D eigenvalue weighted by molar-refractivity contribution is -0.131. The van der Waals surface area contributed by atoms with Crippen LogP contribution in [-0.2, 0) is 11.2 Å². The van der Waals surface area contributed by atoms with Crippen molar-refractivity contribution in [2.75, 3.05) is 32.1 Å². The first-order chi connectivity index (χ1) is 14.6. The van der Waals surface area contributed by atoms with E-state index in [0.29, 0.717) is 17.9 Å². The van der Waals surface area contributed by atoms with Gasteiger partial charge in [-0.05, 0) is 24.5 Å². The number of carbonyl (C=O) groups excluding carboxylic acids is 1. The van der Waals surface area contributed by atoms with Crippen LogP contribution < -0.4 is 4.90 Å². The Bertz CT molecular complexity index is 987. The highest BCUT2D eigenvalue weighted by molar-refractivity contribution is 5.78. The summed E-state index contributed by atoms with van der Waals surface area (Å²) in [7, 11) is 3.93. The Labute approximate surface area is 176 Å². The largest absolute Gasteiger partial charge is 0.363 e. The Morgan fingerprint density at radius 2 is 1.90 bits per heavy atom. The summed E-state index contributed by atoms with van der Waals surface area (Å²) < 4.78 is 0. The zero-order valence-electron chi connectivity index (χ0n) is 17.3.